The van der Waals surface area contributed by atoms with Crippen LogP contribution in [0.3, 0.4) is 0 Å². The topological polar surface area (TPSA) is 96.7 Å². The second-order valence-corrected chi connectivity index (χ2v) is 6.43. The molecule has 4 aromatic rings. The maximum Gasteiger partial charge on any atom is 0.279 e. The van der Waals surface area contributed by atoms with E-state index in [0.717, 1.165) is 15.4 Å². The molecule has 2 aromatic carbocycles. The fourth-order valence-electron chi connectivity index (χ4n) is 2.45. The van der Waals surface area contributed by atoms with Crippen molar-refractivity contribution in [1.82, 2.24) is 20.3 Å². The van der Waals surface area contributed by atoms with Crippen LogP contribution in [0.1, 0.15) is 5.82 Å². The molecule has 1 amide bonds. The monoisotopic (exact) mass is 415 g/mol. The first-order valence-electron chi connectivity index (χ1n) is 7.60. The molecule has 26 heavy (non-hydrogen) atoms. The molecule has 0 spiro atoms. The number of fused-ring (bicyclic) bond motifs is 1. The van der Waals surface area contributed by atoms with Crippen LogP contribution in [-0.2, 0) is 11.2 Å². The Labute approximate surface area is 154 Å². The predicted molar refractivity (Wildman–Crippen MR) is 95.8 cm³/mol. The lowest BCUT2D eigenvalue weighted by molar-refractivity contribution is -0.115. The van der Waals surface area contributed by atoms with Crippen molar-refractivity contribution in [3.63, 3.8) is 0 Å². The number of carbonyl (C=O) groups is 1. The molecule has 0 saturated carbocycles. The van der Waals surface area contributed by atoms with Crippen molar-refractivity contribution in [2.75, 3.05) is 5.32 Å². The van der Waals surface area contributed by atoms with Gasteiger partial charge in [0.1, 0.15) is 5.82 Å². The SMILES string of the molecule is O=C(Cc1noc(-c2n[nH]c3ccc(Br)cc23)n1)Nc1ccc(F)cc1. The van der Waals surface area contributed by atoms with Gasteiger partial charge in [-0.15, -0.1) is 0 Å². The highest BCUT2D eigenvalue weighted by Crippen LogP contribution is 2.27. The maximum atomic E-state index is 12.9. The van der Waals surface area contributed by atoms with Crippen LogP contribution >= 0.6 is 15.9 Å². The van der Waals surface area contributed by atoms with Crippen LogP contribution in [0.2, 0.25) is 0 Å². The summed E-state index contributed by atoms with van der Waals surface area (Å²) in [4.78, 5) is 16.3. The molecular weight excluding hydrogens is 405 g/mol. The zero-order valence-electron chi connectivity index (χ0n) is 13.2. The molecule has 2 N–H and O–H groups in total. The number of carbonyl (C=O) groups excluding carboxylic acids is 1. The fraction of sp³-hybridized carbons (Fsp3) is 0.0588. The Balaban J connectivity index is 1.51. The number of nitrogens with zero attached hydrogens (tertiary/aromatic N) is 3. The van der Waals surface area contributed by atoms with Crippen molar-refractivity contribution < 1.29 is 13.7 Å². The maximum absolute atomic E-state index is 12.9. The molecule has 9 heteroatoms. The van der Waals surface area contributed by atoms with Gasteiger partial charge in [-0.1, -0.05) is 21.1 Å². The lowest BCUT2D eigenvalue weighted by Crippen LogP contribution is -2.15. The predicted octanol–water partition coefficient (Wildman–Crippen LogP) is 3.70. The van der Waals surface area contributed by atoms with Gasteiger partial charge < -0.3 is 9.84 Å². The number of hydrogen-bond donors (Lipinski definition) is 2. The summed E-state index contributed by atoms with van der Waals surface area (Å²) in [5.41, 5.74) is 1.83. The highest BCUT2D eigenvalue weighted by Gasteiger charge is 2.17. The van der Waals surface area contributed by atoms with Crippen LogP contribution in [0.4, 0.5) is 10.1 Å². The first kappa shape index (κ1) is 16.4. The molecule has 0 aliphatic rings. The van der Waals surface area contributed by atoms with Crippen molar-refractivity contribution in [3.8, 4) is 11.6 Å². The van der Waals surface area contributed by atoms with E-state index in [1.165, 1.54) is 24.3 Å². The molecule has 0 unspecified atom stereocenters. The fourth-order valence-corrected chi connectivity index (χ4v) is 2.81. The van der Waals surface area contributed by atoms with Crippen molar-refractivity contribution >= 4 is 38.4 Å². The Morgan fingerprint density at radius 1 is 1.23 bits per heavy atom. The molecule has 0 bridgehead atoms. The van der Waals surface area contributed by atoms with Crippen LogP contribution in [0.25, 0.3) is 22.5 Å². The average Bonchev–Trinajstić information content (AvgIpc) is 3.23. The van der Waals surface area contributed by atoms with Crippen LogP contribution in [0.5, 0.6) is 0 Å². The molecule has 2 aromatic heterocycles. The minimum atomic E-state index is -0.372. The molecule has 0 radical (unpaired) electrons. The van der Waals surface area contributed by atoms with Gasteiger partial charge in [-0.05, 0) is 42.5 Å². The minimum absolute atomic E-state index is 0.0765. The van der Waals surface area contributed by atoms with Gasteiger partial charge in [-0.3, -0.25) is 9.89 Å². The number of anilines is 1. The van der Waals surface area contributed by atoms with Gasteiger partial charge in [-0.25, -0.2) is 4.39 Å². The number of amides is 1. The lowest BCUT2D eigenvalue weighted by atomic mass is 10.2. The largest absolute Gasteiger partial charge is 0.332 e. The Morgan fingerprint density at radius 2 is 2.04 bits per heavy atom. The molecule has 4 rings (SSSR count). The lowest BCUT2D eigenvalue weighted by Gasteiger charge is -2.02. The normalized spacial score (nSPS) is 11.0. The number of nitrogens with one attached hydrogen (secondary N) is 2. The van der Waals surface area contributed by atoms with E-state index in [0.29, 0.717) is 11.4 Å². The number of hydrogen-bond acceptors (Lipinski definition) is 5. The molecule has 0 aliphatic carbocycles. The van der Waals surface area contributed by atoms with Crippen molar-refractivity contribution in [2.24, 2.45) is 0 Å². The summed E-state index contributed by atoms with van der Waals surface area (Å²) in [5.74, 6) is -0.257. The third-order valence-corrected chi connectivity index (χ3v) is 4.14. The van der Waals surface area contributed by atoms with E-state index in [1.54, 1.807) is 0 Å². The van der Waals surface area contributed by atoms with Gasteiger partial charge >= 0.3 is 0 Å². The summed E-state index contributed by atoms with van der Waals surface area (Å²) < 4.78 is 19.0. The van der Waals surface area contributed by atoms with Gasteiger partial charge in [0.05, 0.1) is 11.9 Å². The molecule has 130 valence electrons. The smallest absolute Gasteiger partial charge is 0.279 e. The number of halogens is 2. The molecule has 2 heterocycles. The van der Waals surface area contributed by atoms with Crippen molar-refractivity contribution in [1.29, 1.82) is 0 Å². The van der Waals surface area contributed by atoms with E-state index in [2.05, 4.69) is 41.6 Å². The summed E-state index contributed by atoms with van der Waals surface area (Å²) in [6.07, 6.45) is -0.0765. The minimum Gasteiger partial charge on any atom is -0.332 e. The number of H-pyrrole nitrogens is 1. The Kier molecular flexibility index (Phi) is 4.21. The third kappa shape index (κ3) is 3.33. The third-order valence-electron chi connectivity index (χ3n) is 3.64. The van der Waals surface area contributed by atoms with Gasteiger partial charge in [0.2, 0.25) is 5.91 Å². The summed E-state index contributed by atoms with van der Waals surface area (Å²) >= 11 is 3.41. The number of aromatic amines is 1. The number of rotatable bonds is 4. The van der Waals surface area contributed by atoms with Crippen molar-refractivity contribution in [3.05, 3.63) is 58.6 Å². The number of aromatic nitrogens is 4. The molecule has 0 aliphatic heterocycles. The van der Waals surface area contributed by atoms with Crippen LogP contribution in [-0.4, -0.2) is 26.2 Å². The highest BCUT2D eigenvalue weighted by molar-refractivity contribution is 9.10. The first-order chi connectivity index (χ1) is 12.6. The second kappa shape index (κ2) is 6.68. The standard InChI is InChI=1S/C17H11BrFN5O2/c18-9-1-6-13-12(7-9)16(23-22-13)17-21-14(24-26-17)8-15(25)20-11-4-2-10(19)3-5-11/h1-7H,8H2,(H,20,25)(H,22,23). The van der Waals surface area contributed by atoms with E-state index in [4.69, 9.17) is 4.52 Å². The summed E-state index contributed by atoms with van der Waals surface area (Å²) in [7, 11) is 0. The zero-order chi connectivity index (χ0) is 18.1. The van der Waals surface area contributed by atoms with E-state index in [1.807, 2.05) is 18.2 Å². The van der Waals surface area contributed by atoms with E-state index >= 15 is 0 Å². The van der Waals surface area contributed by atoms with E-state index in [9.17, 15) is 9.18 Å². The molecule has 0 atom stereocenters. The van der Waals surface area contributed by atoms with E-state index < -0.39 is 0 Å². The van der Waals surface area contributed by atoms with Crippen LogP contribution < -0.4 is 5.32 Å². The molecule has 7 nitrogen and oxygen atoms in total. The number of benzene rings is 2. The molecule has 0 saturated heterocycles. The van der Waals surface area contributed by atoms with E-state index in [-0.39, 0.29) is 29.9 Å². The highest BCUT2D eigenvalue weighted by atomic mass is 79.9. The zero-order valence-corrected chi connectivity index (χ0v) is 14.7. The van der Waals surface area contributed by atoms with Crippen LogP contribution in [0, 0.1) is 5.82 Å². The van der Waals surface area contributed by atoms with Gasteiger partial charge in [0.25, 0.3) is 5.89 Å². The first-order valence-corrected chi connectivity index (χ1v) is 8.40. The van der Waals surface area contributed by atoms with Gasteiger partial charge in [0, 0.05) is 15.5 Å². The Bertz CT molecular complexity index is 1090. The molecule has 0 fully saturated rings. The quantitative estimate of drug-likeness (QED) is 0.529. The van der Waals surface area contributed by atoms with Crippen molar-refractivity contribution in [2.45, 2.75) is 6.42 Å². The second-order valence-electron chi connectivity index (χ2n) is 5.51. The molecular formula is C17H11BrFN5O2. The summed E-state index contributed by atoms with van der Waals surface area (Å²) in [5, 5.41) is 14.4. The average molecular weight is 416 g/mol. The summed E-state index contributed by atoms with van der Waals surface area (Å²) in [6.45, 7) is 0. The van der Waals surface area contributed by atoms with Gasteiger partial charge in [0.15, 0.2) is 11.5 Å². The Morgan fingerprint density at radius 3 is 2.85 bits per heavy atom. The van der Waals surface area contributed by atoms with Crippen LogP contribution in [0.15, 0.2) is 51.5 Å². The summed E-state index contributed by atoms with van der Waals surface area (Å²) in [6, 6.07) is 11.1. The Hall–Kier alpha value is -3.07. The van der Waals surface area contributed by atoms with Gasteiger partial charge in [-0.2, -0.15) is 10.1 Å².